The molecule has 21 heavy (non-hydrogen) atoms. The molecule has 0 radical (unpaired) electrons. The Morgan fingerprint density at radius 3 is 2.81 bits per heavy atom. The molecule has 1 aliphatic rings. The number of halogens is 1. The summed E-state index contributed by atoms with van der Waals surface area (Å²) in [7, 11) is 1.44. The van der Waals surface area contributed by atoms with Crippen molar-refractivity contribution in [3.8, 4) is 0 Å². The third kappa shape index (κ3) is 2.44. The third-order valence-corrected chi connectivity index (χ3v) is 4.46. The zero-order chi connectivity index (χ0) is 14.9. The molecule has 3 rings (SSSR count). The average molecular weight is 346 g/mol. The van der Waals surface area contributed by atoms with Crippen LogP contribution in [0, 0.1) is 0 Å². The summed E-state index contributed by atoms with van der Waals surface area (Å²) in [5.74, 6) is -0.243. The summed E-state index contributed by atoms with van der Waals surface area (Å²) >= 11 is 3.46. The smallest absolute Gasteiger partial charge is 0.336 e. The largest absolute Gasteiger partial charge is 0.467 e. The molecule has 1 atom stereocenters. The standard InChI is InChI=1S/C17H16BrNO2/c1-21-16(20)17(19-14-7-4-6-13(18)11-14)10-9-12-5-2-3-8-15(12)17/h2-8,11,19H,9-10H2,1H3. The van der Waals surface area contributed by atoms with Crippen molar-refractivity contribution in [2.45, 2.75) is 18.4 Å². The first-order valence-corrected chi connectivity index (χ1v) is 7.65. The van der Waals surface area contributed by atoms with Crippen LogP contribution in [0.2, 0.25) is 0 Å². The Labute approximate surface area is 132 Å². The second-order valence-electron chi connectivity index (χ2n) is 5.19. The molecule has 0 aromatic heterocycles. The Balaban J connectivity index is 2.06. The Hall–Kier alpha value is -1.81. The molecular weight excluding hydrogens is 330 g/mol. The average Bonchev–Trinajstić information content (AvgIpc) is 2.87. The van der Waals surface area contributed by atoms with Crippen molar-refractivity contribution >= 4 is 27.6 Å². The van der Waals surface area contributed by atoms with Gasteiger partial charge in [-0.15, -0.1) is 0 Å². The van der Waals surface area contributed by atoms with Gasteiger partial charge in [-0.2, -0.15) is 0 Å². The van der Waals surface area contributed by atoms with Crippen LogP contribution < -0.4 is 5.32 Å². The number of benzene rings is 2. The van der Waals surface area contributed by atoms with E-state index in [1.807, 2.05) is 42.5 Å². The summed E-state index contributed by atoms with van der Waals surface area (Å²) in [6.45, 7) is 0. The van der Waals surface area contributed by atoms with Crippen LogP contribution in [0.1, 0.15) is 17.5 Å². The van der Waals surface area contributed by atoms with Crippen molar-refractivity contribution in [2.75, 3.05) is 12.4 Å². The summed E-state index contributed by atoms with van der Waals surface area (Å²) in [5.41, 5.74) is 2.31. The first-order valence-electron chi connectivity index (χ1n) is 6.86. The van der Waals surface area contributed by atoms with E-state index in [2.05, 4.69) is 27.3 Å². The maximum absolute atomic E-state index is 12.5. The number of aryl methyl sites for hydroxylation is 1. The number of esters is 1. The summed E-state index contributed by atoms with van der Waals surface area (Å²) in [6.07, 6.45) is 1.57. The fourth-order valence-electron chi connectivity index (χ4n) is 2.99. The molecule has 0 saturated heterocycles. The van der Waals surface area contributed by atoms with Crippen molar-refractivity contribution in [1.82, 2.24) is 0 Å². The lowest BCUT2D eigenvalue weighted by Gasteiger charge is -2.30. The molecule has 2 aromatic carbocycles. The van der Waals surface area contributed by atoms with Gasteiger partial charge in [-0.1, -0.05) is 46.3 Å². The SMILES string of the molecule is COC(=O)C1(Nc2cccc(Br)c2)CCc2ccccc21. The van der Waals surface area contributed by atoms with Crippen molar-refractivity contribution in [3.63, 3.8) is 0 Å². The van der Waals surface area contributed by atoms with Crippen LogP contribution in [0.25, 0.3) is 0 Å². The van der Waals surface area contributed by atoms with Crippen LogP contribution in [0.3, 0.4) is 0 Å². The van der Waals surface area contributed by atoms with E-state index in [0.717, 1.165) is 22.1 Å². The van der Waals surface area contributed by atoms with E-state index in [0.29, 0.717) is 6.42 Å². The number of nitrogens with one attached hydrogen (secondary N) is 1. The van der Waals surface area contributed by atoms with Crippen molar-refractivity contribution in [1.29, 1.82) is 0 Å². The molecule has 0 spiro atoms. The van der Waals surface area contributed by atoms with Crippen molar-refractivity contribution < 1.29 is 9.53 Å². The van der Waals surface area contributed by atoms with E-state index in [1.54, 1.807) is 0 Å². The van der Waals surface area contributed by atoms with Gasteiger partial charge in [-0.25, -0.2) is 4.79 Å². The molecule has 1 unspecified atom stereocenters. The topological polar surface area (TPSA) is 38.3 Å². The molecule has 0 fully saturated rings. The zero-order valence-electron chi connectivity index (χ0n) is 11.7. The molecule has 0 saturated carbocycles. The lowest BCUT2D eigenvalue weighted by atomic mass is 9.91. The highest BCUT2D eigenvalue weighted by molar-refractivity contribution is 9.10. The number of ether oxygens (including phenoxy) is 1. The van der Waals surface area contributed by atoms with Gasteiger partial charge in [-0.05, 0) is 42.2 Å². The van der Waals surface area contributed by atoms with Crippen LogP contribution in [-0.4, -0.2) is 13.1 Å². The molecule has 1 aliphatic carbocycles. The second-order valence-corrected chi connectivity index (χ2v) is 6.11. The van der Waals surface area contributed by atoms with E-state index >= 15 is 0 Å². The van der Waals surface area contributed by atoms with Gasteiger partial charge in [0, 0.05) is 10.2 Å². The molecule has 0 amide bonds. The van der Waals surface area contributed by atoms with E-state index in [-0.39, 0.29) is 5.97 Å². The number of carbonyl (C=O) groups excluding carboxylic acids is 1. The minimum atomic E-state index is -0.799. The fourth-order valence-corrected chi connectivity index (χ4v) is 3.39. The van der Waals surface area contributed by atoms with Gasteiger partial charge < -0.3 is 10.1 Å². The highest BCUT2D eigenvalue weighted by atomic mass is 79.9. The number of hydrogen-bond donors (Lipinski definition) is 1. The molecule has 2 aromatic rings. The zero-order valence-corrected chi connectivity index (χ0v) is 13.3. The predicted molar refractivity (Wildman–Crippen MR) is 86.2 cm³/mol. The molecule has 108 valence electrons. The van der Waals surface area contributed by atoms with E-state index in [9.17, 15) is 4.79 Å². The number of hydrogen-bond acceptors (Lipinski definition) is 3. The monoisotopic (exact) mass is 345 g/mol. The Morgan fingerprint density at radius 1 is 1.24 bits per heavy atom. The van der Waals surface area contributed by atoms with Crippen LogP contribution in [-0.2, 0) is 21.5 Å². The van der Waals surface area contributed by atoms with E-state index in [4.69, 9.17) is 4.74 Å². The van der Waals surface area contributed by atoms with E-state index < -0.39 is 5.54 Å². The van der Waals surface area contributed by atoms with Crippen molar-refractivity contribution in [2.24, 2.45) is 0 Å². The minimum absolute atomic E-state index is 0.243. The molecular formula is C17H16BrNO2. The molecule has 0 bridgehead atoms. The summed E-state index contributed by atoms with van der Waals surface area (Å²) in [5, 5.41) is 3.40. The van der Waals surface area contributed by atoms with Gasteiger partial charge >= 0.3 is 5.97 Å². The van der Waals surface area contributed by atoms with Crippen LogP contribution in [0.4, 0.5) is 5.69 Å². The van der Waals surface area contributed by atoms with Gasteiger partial charge in [0.05, 0.1) is 7.11 Å². The number of anilines is 1. The van der Waals surface area contributed by atoms with Gasteiger partial charge in [-0.3, -0.25) is 0 Å². The van der Waals surface area contributed by atoms with Gasteiger partial charge in [0.25, 0.3) is 0 Å². The maximum Gasteiger partial charge on any atom is 0.336 e. The molecule has 0 heterocycles. The summed E-state index contributed by atoms with van der Waals surface area (Å²) in [6, 6.07) is 15.9. The quantitative estimate of drug-likeness (QED) is 0.858. The van der Waals surface area contributed by atoms with Crippen LogP contribution >= 0.6 is 15.9 Å². The molecule has 1 N–H and O–H groups in total. The normalized spacial score (nSPS) is 19.9. The fraction of sp³-hybridized carbons (Fsp3) is 0.235. The Bertz CT molecular complexity index is 686. The highest BCUT2D eigenvalue weighted by Crippen LogP contribution is 2.40. The van der Waals surface area contributed by atoms with Gasteiger partial charge in [0.2, 0.25) is 0 Å². The first-order chi connectivity index (χ1) is 10.2. The molecule has 0 aliphatic heterocycles. The van der Waals surface area contributed by atoms with Gasteiger partial charge in [0.1, 0.15) is 0 Å². The van der Waals surface area contributed by atoms with Crippen molar-refractivity contribution in [3.05, 3.63) is 64.1 Å². The lowest BCUT2D eigenvalue weighted by molar-refractivity contribution is -0.146. The summed E-state index contributed by atoms with van der Waals surface area (Å²) < 4.78 is 6.05. The highest BCUT2D eigenvalue weighted by Gasteiger charge is 2.46. The first kappa shape index (κ1) is 14.1. The Kier molecular flexibility index (Phi) is 3.72. The number of rotatable bonds is 3. The second kappa shape index (κ2) is 5.53. The lowest BCUT2D eigenvalue weighted by Crippen LogP contribution is -2.42. The Morgan fingerprint density at radius 2 is 2.05 bits per heavy atom. The van der Waals surface area contributed by atoms with Crippen LogP contribution in [0.5, 0.6) is 0 Å². The molecule has 4 heteroatoms. The minimum Gasteiger partial charge on any atom is -0.467 e. The number of carbonyl (C=O) groups is 1. The summed E-state index contributed by atoms with van der Waals surface area (Å²) in [4.78, 5) is 12.5. The molecule has 3 nitrogen and oxygen atoms in total. The number of methoxy groups -OCH3 is 1. The van der Waals surface area contributed by atoms with Crippen LogP contribution in [0.15, 0.2) is 53.0 Å². The van der Waals surface area contributed by atoms with E-state index in [1.165, 1.54) is 12.7 Å². The predicted octanol–water partition coefficient (Wildman–Crippen LogP) is 3.88. The maximum atomic E-state index is 12.5. The van der Waals surface area contributed by atoms with Gasteiger partial charge in [0.15, 0.2) is 5.54 Å². The number of fused-ring (bicyclic) bond motifs is 1. The third-order valence-electron chi connectivity index (χ3n) is 3.96.